The molecule has 0 unspecified atom stereocenters. The summed E-state index contributed by atoms with van der Waals surface area (Å²) in [6.07, 6.45) is 4.56. The first-order valence-electron chi connectivity index (χ1n) is 6.31. The maximum absolute atomic E-state index is 12.1. The first-order chi connectivity index (χ1) is 9.22. The lowest BCUT2D eigenvalue weighted by Crippen LogP contribution is -2.11. The van der Waals surface area contributed by atoms with Crippen LogP contribution >= 0.6 is 24.0 Å². The van der Waals surface area contributed by atoms with Gasteiger partial charge in [0.1, 0.15) is 0 Å². The molecule has 0 spiro atoms. The number of nitrogens with one attached hydrogen (secondary N) is 1. The summed E-state index contributed by atoms with van der Waals surface area (Å²) in [5.74, 6) is -0.112. The van der Waals surface area contributed by atoms with E-state index < -0.39 is 0 Å². The average molecular weight is 290 g/mol. The minimum Gasteiger partial charge on any atom is -0.298 e. The third-order valence-corrected chi connectivity index (χ3v) is 4.57. The molecule has 3 rings (SSSR count). The van der Waals surface area contributed by atoms with Gasteiger partial charge in [0.2, 0.25) is 0 Å². The van der Waals surface area contributed by atoms with Gasteiger partial charge in [-0.15, -0.1) is 24.0 Å². The predicted molar refractivity (Wildman–Crippen MR) is 80.4 cm³/mol. The number of fused-ring (bicyclic) bond motifs is 1. The Kier molecular flexibility index (Phi) is 3.57. The highest BCUT2D eigenvalue weighted by Gasteiger charge is 2.16. The summed E-state index contributed by atoms with van der Waals surface area (Å²) >= 11 is 5.81. The van der Waals surface area contributed by atoms with Crippen LogP contribution in [0.15, 0.2) is 29.2 Å². The second-order valence-corrected chi connectivity index (χ2v) is 6.20. The van der Waals surface area contributed by atoms with Gasteiger partial charge in [-0.05, 0) is 49.9 Å². The van der Waals surface area contributed by atoms with Crippen molar-refractivity contribution < 1.29 is 4.79 Å². The van der Waals surface area contributed by atoms with Crippen LogP contribution in [0.1, 0.15) is 33.8 Å². The van der Waals surface area contributed by atoms with Gasteiger partial charge < -0.3 is 0 Å². The molecule has 1 heterocycles. The molecule has 5 heteroatoms. The van der Waals surface area contributed by atoms with E-state index in [1.165, 1.54) is 17.7 Å². The summed E-state index contributed by atoms with van der Waals surface area (Å²) in [5.41, 5.74) is 1.79. The molecular formula is C14H14N2OS2. The second kappa shape index (κ2) is 5.35. The molecule has 1 N–H and O–H groups in total. The van der Waals surface area contributed by atoms with Crippen LogP contribution in [0.3, 0.4) is 0 Å². The molecule has 1 aliphatic carbocycles. The van der Waals surface area contributed by atoms with Gasteiger partial charge in [-0.3, -0.25) is 10.1 Å². The van der Waals surface area contributed by atoms with Crippen LogP contribution in [-0.2, 0) is 12.8 Å². The Bertz CT molecular complexity index is 581. The number of nitrogens with zero attached hydrogens (tertiary/aromatic N) is 1. The first-order valence-corrected chi connectivity index (χ1v) is 7.58. The van der Waals surface area contributed by atoms with E-state index >= 15 is 0 Å². The fourth-order valence-electron chi connectivity index (χ4n) is 2.19. The zero-order valence-corrected chi connectivity index (χ0v) is 12.1. The van der Waals surface area contributed by atoms with Crippen LogP contribution in [0, 0.1) is 0 Å². The molecule has 2 aromatic rings. The summed E-state index contributed by atoms with van der Waals surface area (Å²) in [5, 5.41) is 3.59. The number of thiol groups is 1. The maximum atomic E-state index is 12.1. The predicted octanol–water partition coefficient (Wildman–Crippen LogP) is 3.56. The van der Waals surface area contributed by atoms with Crippen molar-refractivity contribution in [2.45, 2.75) is 30.6 Å². The lowest BCUT2D eigenvalue weighted by Gasteiger charge is -2.06. The second-order valence-electron chi connectivity index (χ2n) is 4.60. The molecule has 1 aliphatic rings. The molecule has 1 aromatic heterocycles. The SMILES string of the molecule is O=C(Nc1nc2c(s1)CCCC2)c1ccc(S)cc1. The number of benzene rings is 1. The molecule has 0 bridgehead atoms. The molecule has 0 saturated carbocycles. The molecule has 0 aliphatic heterocycles. The largest absolute Gasteiger partial charge is 0.298 e. The van der Waals surface area contributed by atoms with Crippen molar-refractivity contribution in [3.63, 3.8) is 0 Å². The lowest BCUT2D eigenvalue weighted by atomic mass is 10.0. The normalized spacial score (nSPS) is 13.9. The van der Waals surface area contributed by atoms with Gasteiger partial charge >= 0.3 is 0 Å². The van der Waals surface area contributed by atoms with Gasteiger partial charge in [0.05, 0.1) is 5.69 Å². The number of rotatable bonds is 2. The van der Waals surface area contributed by atoms with Gasteiger partial charge in [0.15, 0.2) is 5.13 Å². The Balaban J connectivity index is 1.75. The summed E-state index contributed by atoms with van der Waals surface area (Å²) in [4.78, 5) is 18.7. The van der Waals surface area contributed by atoms with E-state index in [-0.39, 0.29) is 5.91 Å². The standard InChI is InChI=1S/C14H14N2OS2/c17-13(9-5-7-10(18)8-6-9)16-14-15-11-3-1-2-4-12(11)19-14/h5-8,18H,1-4H2,(H,15,16,17). The van der Waals surface area contributed by atoms with E-state index in [4.69, 9.17) is 0 Å². The van der Waals surface area contributed by atoms with Gasteiger partial charge in [0.25, 0.3) is 5.91 Å². The highest BCUT2D eigenvalue weighted by Crippen LogP contribution is 2.29. The molecule has 1 amide bonds. The molecular weight excluding hydrogens is 276 g/mol. The Hall–Kier alpha value is -1.33. The van der Waals surface area contributed by atoms with E-state index in [1.807, 2.05) is 12.1 Å². The van der Waals surface area contributed by atoms with Crippen LogP contribution in [-0.4, -0.2) is 10.9 Å². The number of thiazole rings is 1. The van der Waals surface area contributed by atoms with E-state index in [9.17, 15) is 4.79 Å². The van der Waals surface area contributed by atoms with Gasteiger partial charge in [-0.25, -0.2) is 4.98 Å². The van der Waals surface area contributed by atoms with Gasteiger partial charge in [-0.1, -0.05) is 0 Å². The number of hydrogen-bond donors (Lipinski definition) is 2. The minimum atomic E-state index is -0.112. The summed E-state index contributed by atoms with van der Waals surface area (Å²) in [6, 6.07) is 7.16. The number of hydrogen-bond acceptors (Lipinski definition) is 4. The third-order valence-electron chi connectivity index (χ3n) is 3.20. The van der Waals surface area contributed by atoms with Crippen molar-refractivity contribution in [2.75, 3.05) is 5.32 Å². The summed E-state index contributed by atoms with van der Waals surface area (Å²) in [6.45, 7) is 0. The van der Waals surface area contributed by atoms with Crippen LogP contribution in [0.5, 0.6) is 0 Å². The Labute approximate surface area is 121 Å². The summed E-state index contributed by atoms with van der Waals surface area (Å²) in [7, 11) is 0. The molecule has 19 heavy (non-hydrogen) atoms. The number of carbonyl (C=O) groups excluding carboxylic acids is 1. The number of aromatic nitrogens is 1. The molecule has 98 valence electrons. The molecule has 0 fully saturated rings. The first kappa shape index (κ1) is 12.7. The Morgan fingerprint density at radius 2 is 1.95 bits per heavy atom. The van der Waals surface area contributed by atoms with Crippen LogP contribution in [0.2, 0.25) is 0 Å². The van der Waals surface area contributed by atoms with Crippen molar-refractivity contribution in [1.29, 1.82) is 0 Å². The van der Waals surface area contributed by atoms with E-state index in [2.05, 4.69) is 22.9 Å². The smallest absolute Gasteiger partial charge is 0.257 e. The van der Waals surface area contributed by atoms with Crippen LogP contribution < -0.4 is 5.32 Å². The van der Waals surface area contributed by atoms with Crippen molar-refractivity contribution in [1.82, 2.24) is 4.98 Å². The average Bonchev–Trinajstić information content (AvgIpc) is 2.81. The zero-order chi connectivity index (χ0) is 13.2. The fourth-order valence-corrected chi connectivity index (χ4v) is 3.38. The van der Waals surface area contributed by atoms with Crippen molar-refractivity contribution >= 4 is 35.0 Å². The lowest BCUT2D eigenvalue weighted by molar-refractivity contribution is 0.102. The molecule has 0 atom stereocenters. The van der Waals surface area contributed by atoms with Crippen molar-refractivity contribution in [3.8, 4) is 0 Å². The quantitative estimate of drug-likeness (QED) is 0.830. The number of anilines is 1. The van der Waals surface area contributed by atoms with Gasteiger partial charge in [-0.2, -0.15) is 0 Å². The fraction of sp³-hybridized carbons (Fsp3) is 0.286. The van der Waals surface area contributed by atoms with Crippen molar-refractivity contribution in [3.05, 3.63) is 40.4 Å². The van der Waals surface area contributed by atoms with E-state index in [1.54, 1.807) is 23.5 Å². The molecule has 1 aromatic carbocycles. The number of aryl methyl sites for hydroxylation is 2. The highest BCUT2D eigenvalue weighted by atomic mass is 32.1. The maximum Gasteiger partial charge on any atom is 0.257 e. The van der Waals surface area contributed by atoms with Crippen LogP contribution in [0.4, 0.5) is 5.13 Å². The molecule has 0 saturated heterocycles. The minimum absolute atomic E-state index is 0.112. The Morgan fingerprint density at radius 3 is 2.68 bits per heavy atom. The van der Waals surface area contributed by atoms with Gasteiger partial charge in [0, 0.05) is 15.3 Å². The topological polar surface area (TPSA) is 42.0 Å². The molecule has 3 nitrogen and oxygen atoms in total. The Morgan fingerprint density at radius 1 is 1.21 bits per heavy atom. The number of amides is 1. The highest BCUT2D eigenvalue weighted by molar-refractivity contribution is 7.80. The van der Waals surface area contributed by atoms with Crippen molar-refractivity contribution in [2.24, 2.45) is 0 Å². The van der Waals surface area contributed by atoms with E-state index in [0.717, 1.165) is 23.4 Å². The zero-order valence-electron chi connectivity index (χ0n) is 10.3. The monoisotopic (exact) mass is 290 g/mol. The van der Waals surface area contributed by atoms with Crippen LogP contribution in [0.25, 0.3) is 0 Å². The van der Waals surface area contributed by atoms with E-state index in [0.29, 0.717) is 10.7 Å². The third kappa shape index (κ3) is 2.82. The summed E-state index contributed by atoms with van der Waals surface area (Å²) < 4.78 is 0. The number of carbonyl (C=O) groups is 1. The molecule has 0 radical (unpaired) electrons.